The lowest BCUT2D eigenvalue weighted by Gasteiger charge is -2.21. The zero-order valence-corrected chi connectivity index (χ0v) is 20.2. The highest BCUT2D eigenvalue weighted by molar-refractivity contribution is 6.30. The minimum Gasteiger partial charge on any atom is -0.460 e. The molecular weight excluding hydrogens is 483 g/mol. The van der Waals surface area contributed by atoms with Gasteiger partial charge >= 0.3 is 12.3 Å². The lowest BCUT2D eigenvalue weighted by atomic mass is 9.92. The number of esters is 1. The fraction of sp³-hybridized carbons (Fsp3) is 0.320. The number of allylic oxidation sites excluding steroid dienone is 1. The van der Waals surface area contributed by atoms with E-state index in [1.165, 1.54) is 18.2 Å². The molecule has 0 saturated carbocycles. The van der Waals surface area contributed by atoms with Gasteiger partial charge in [0.15, 0.2) is 0 Å². The summed E-state index contributed by atoms with van der Waals surface area (Å²) in [7, 11) is 0. The van der Waals surface area contributed by atoms with Gasteiger partial charge in [0.1, 0.15) is 23.0 Å². The summed E-state index contributed by atoms with van der Waals surface area (Å²) in [5, 5.41) is 8.97. The highest BCUT2D eigenvalue weighted by Crippen LogP contribution is 2.40. The van der Waals surface area contributed by atoms with Crippen LogP contribution in [0.5, 0.6) is 5.75 Å². The molecule has 0 amide bonds. The third-order valence-electron chi connectivity index (χ3n) is 5.24. The van der Waals surface area contributed by atoms with Crippen LogP contribution in [0.3, 0.4) is 0 Å². The topological polar surface area (TPSA) is 66.2 Å². The van der Waals surface area contributed by atoms with Gasteiger partial charge in [-0.25, -0.2) is 0 Å². The van der Waals surface area contributed by atoms with Gasteiger partial charge in [-0.1, -0.05) is 29.8 Å². The molecule has 0 radical (unpaired) electrons. The maximum absolute atomic E-state index is 13.0. The van der Waals surface area contributed by atoms with Crippen molar-refractivity contribution < 1.29 is 27.4 Å². The highest BCUT2D eigenvalue weighted by Gasteiger charge is 2.33. The SMILES string of the molecule is Cc1nnc2n1-c1ccc(OC(F)(F)F)cc1C(c1ccc(Cl)cc1)=C[C@H]2CC(=O)OC(C)(C)C. The Morgan fingerprint density at radius 3 is 2.40 bits per heavy atom. The number of aryl methyl sites for hydroxylation is 1. The lowest BCUT2D eigenvalue weighted by Crippen LogP contribution is -2.25. The third kappa shape index (κ3) is 5.67. The molecule has 184 valence electrons. The Bertz CT molecular complexity index is 1290. The van der Waals surface area contributed by atoms with Crippen LogP contribution in [-0.4, -0.2) is 32.7 Å². The largest absolute Gasteiger partial charge is 0.573 e. The van der Waals surface area contributed by atoms with Gasteiger partial charge in [0, 0.05) is 16.5 Å². The van der Waals surface area contributed by atoms with Gasteiger partial charge in [-0.3, -0.25) is 9.36 Å². The average molecular weight is 506 g/mol. The Morgan fingerprint density at radius 1 is 1.09 bits per heavy atom. The molecule has 0 bridgehead atoms. The van der Waals surface area contributed by atoms with Crippen LogP contribution in [-0.2, 0) is 9.53 Å². The van der Waals surface area contributed by atoms with Gasteiger partial charge in [-0.15, -0.1) is 23.4 Å². The van der Waals surface area contributed by atoms with Crippen molar-refractivity contribution in [3.05, 3.63) is 76.3 Å². The Kier molecular flexibility index (Phi) is 6.40. The summed E-state index contributed by atoms with van der Waals surface area (Å²) in [4.78, 5) is 12.8. The first-order chi connectivity index (χ1) is 16.3. The van der Waals surface area contributed by atoms with Crippen molar-refractivity contribution in [3.8, 4) is 11.4 Å². The number of carbonyl (C=O) groups excluding carboxylic acids is 1. The summed E-state index contributed by atoms with van der Waals surface area (Å²) in [5.74, 6) is -0.368. The van der Waals surface area contributed by atoms with Crippen molar-refractivity contribution in [3.63, 3.8) is 0 Å². The van der Waals surface area contributed by atoms with Gasteiger partial charge < -0.3 is 9.47 Å². The standard InChI is InChI=1S/C25H23ClF3N3O3/c1-14-30-31-23-16(12-22(33)35-24(2,3)4)11-19(15-5-7-17(26)8-6-15)20-13-18(34-25(27,28)29)9-10-21(20)32(14)23/h5-11,13,16H,12H2,1-4H3/t16-/m0/s1. The summed E-state index contributed by atoms with van der Waals surface area (Å²) in [6.45, 7) is 7.06. The summed E-state index contributed by atoms with van der Waals surface area (Å²) >= 11 is 6.07. The van der Waals surface area contributed by atoms with Crippen molar-refractivity contribution in [1.82, 2.24) is 14.8 Å². The molecule has 2 heterocycles. The number of hydrogen-bond donors (Lipinski definition) is 0. The molecule has 3 aromatic rings. The van der Waals surface area contributed by atoms with Crippen molar-refractivity contribution >= 4 is 23.1 Å². The molecule has 0 saturated heterocycles. The van der Waals surface area contributed by atoms with Crippen LogP contribution in [0.15, 0.2) is 48.5 Å². The van der Waals surface area contributed by atoms with Gasteiger partial charge in [0.2, 0.25) is 0 Å². The maximum atomic E-state index is 13.0. The Balaban J connectivity index is 1.91. The number of ether oxygens (including phenoxy) is 2. The molecule has 0 spiro atoms. The molecule has 1 aliphatic rings. The molecule has 0 unspecified atom stereocenters. The van der Waals surface area contributed by atoms with Crippen LogP contribution in [0.1, 0.15) is 55.9 Å². The van der Waals surface area contributed by atoms with E-state index in [1.54, 1.807) is 62.6 Å². The first-order valence-electron chi connectivity index (χ1n) is 10.8. The summed E-state index contributed by atoms with van der Waals surface area (Å²) in [5.41, 5.74) is 1.64. The molecule has 2 aromatic carbocycles. The Labute approximate surface area is 205 Å². The number of nitrogens with zero attached hydrogens (tertiary/aromatic N) is 3. The van der Waals surface area contributed by atoms with Crippen molar-refractivity contribution in [2.24, 2.45) is 0 Å². The van der Waals surface area contributed by atoms with Gasteiger partial charge in [-0.05, 0) is 69.2 Å². The van der Waals surface area contributed by atoms with Crippen LogP contribution < -0.4 is 4.74 Å². The molecule has 0 aliphatic carbocycles. The fourth-order valence-corrected chi connectivity index (χ4v) is 4.13. The van der Waals surface area contributed by atoms with E-state index in [9.17, 15) is 18.0 Å². The number of carbonyl (C=O) groups is 1. The monoisotopic (exact) mass is 505 g/mol. The molecular formula is C25H23ClF3N3O3. The van der Waals surface area contributed by atoms with Crippen LogP contribution in [0.4, 0.5) is 13.2 Å². The molecule has 1 aromatic heterocycles. The smallest absolute Gasteiger partial charge is 0.460 e. The number of rotatable bonds is 4. The van der Waals surface area contributed by atoms with E-state index in [-0.39, 0.29) is 12.2 Å². The van der Waals surface area contributed by atoms with Crippen molar-refractivity contribution in [2.45, 2.75) is 52.0 Å². The normalized spacial score (nSPS) is 15.5. The van der Waals surface area contributed by atoms with Crippen LogP contribution in [0.25, 0.3) is 11.3 Å². The second-order valence-corrected chi connectivity index (χ2v) is 9.59. The molecule has 1 atom stereocenters. The average Bonchev–Trinajstić information content (AvgIpc) is 3.04. The van der Waals surface area contributed by atoms with Crippen LogP contribution in [0.2, 0.25) is 5.02 Å². The second kappa shape index (κ2) is 9.03. The lowest BCUT2D eigenvalue weighted by molar-refractivity contribution is -0.274. The van der Waals surface area contributed by atoms with E-state index in [0.717, 1.165) is 0 Å². The zero-order valence-electron chi connectivity index (χ0n) is 19.5. The van der Waals surface area contributed by atoms with E-state index in [4.69, 9.17) is 16.3 Å². The van der Waals surface area contributed by atoms with Crippen molar-refractivity contribution in [2.75, 3.05) is 0 Å². The molecule has 0 fully saturated rings. The van der Waals surface area contributed by atoms with Gasteiger partial charge in [0.05, 0.1) is 12.1 Å². The van der Waals surface area contributed by atoms with Crippen molar-refractivity contribution in [1.29, 1.82) is 0 Å². The predicted octanol–water partition coefficient (Wildman–Crippen LogP) is 6.39. The fourth-order valence-electron chi connectivity index (χ4n) is 4.00. The van der Waals surface area contributed by atoms with E-state index >= 15 is 0 Å². The zero-order chi connectivity index (χ0) is 25.5. The first kappa shape index (κ1) is 24.8. The van der Waals surface area contributed by atoms with Gasteiger partial charge in [0.25, 0.3) is 0 Å². The van der Waals surface area contributed by atoms with Crippen LogP contribution in [0, 0.1) is 6.92 Å². The first-order valence-corrected chi connectivity index (χ1v) is 11.2. The Hall–Kier alpha value is -3.33. The highest BCUT2D eigenvalue weighted by atomic mass is 35.5. The number of alkyl halides is 3. The molecule has 1 aliphatic heterocycles. The number of halogens is 4. The minimum atomic E-state index is -4.85. The quantitative estimate of drug-likeness (QED) is 0.384. The summed E-state index contributed by atoms with van der Waals surface area (Å²) < 4.78 is 50.4. The number of fused-ring (bicyclic) bond motifs is 3. The van der Waals surface area contributed by atoms with E-state index in [1.807, 2.05) is 0 Å². The Morgan fingerprint density at radius 2 is 1.77 bits per heavy atom. The van der Waals surface area contributed by atoms with Gasteiger partial charge in [-0.2, -0.15) is 0 Å². The van der Waals surface area contributed by atoms with E-state index in [2.05, 4.69) is 14.9 Å². The maximum Gasteiger partial charge on any atom is 0.573 e. The third-order valence-corrected chi connectivity index (χ3v) is 5.50. The number of aromatic nitrogens is 3. The summed E-state index contributed by atoms with van der Waals surface area (Å²) in [6.07, 6.45) is -3.08. The molecule has 6 nitrogen and oxygen atoms in total. The van der Waals surface area contributed by atoms with E-state index in [0.29, 0.717) is 39.1 Å². The second-order valence-electron chi connectivity index (χ2n) is 9.15. The summed E-state index contributed by atoms with van der Waals surface area (Å²) in [6, 6.07) is 11.0. The molecule has 4 rings (SSSR count). The number of hydrogen-bond acceptors (Lipinski definition) is 5. The molecule has 35 heavy (non-hydrogen) atoms. The number of benzene rings is 2. The molecule has 0 N–H and O–H groups in total. The predicted molar refractivity (Wildman–Crippen MR) is 125 cm³/mol. The minimum absolute atomic E-state index is 0.0353. The van der Waals surface area contributed by atoms with E-state index < -0.39 is 23.9 Å². The molecule has 10 heteroatoms. The van der Waals surface area contributed by atoms with Crippen LogP contribution >= 0.6 is 11.6 Å².